The highest BCUT2D eigenvalue weighted by molar-refractivity contribution is 5.79. The second-order valence-electron chi connectivity index (χ2n) is 6.77. The van der Waals surface area contributed by atoms with Gasteiger partial charge in [-0.3, -0.25) is 4.68 Å². The molecule has 3 rings (SSSR count). The quantitative estimate of drug-likeness (QED) is 0.568. The second-order valence-corrected chi connectivity index (χ2v) is 6.77. The minimum atomic E-state index is -0.500. The van der Waals surface area contributed by atoms with Crippen LogP contribution in [-0.4, -0.2) is 49.6 Å². The number of rotatable bonds is 7. The number of ether oxygens (including phenoxy) is 1. The first-order valence-corrected chi connectivity index (χ1v) is 9.03. The summed E-state index contributed by atoms with van der Waals surface area (Å²) in [5, 5.41) is 17.2. The van der Waals surface area contributed by atoms with Gasteiger partial charge in [-0.05, 0) is 32.9 Å². The lowest BCUT2D eigenvalue weighted by Crippen LogP contribution is -2.16. The molecule has 0 saturated carbocycles. The van der Waals surface area contributed by atoms with E-state index >= 15 is 0 Å². The fourth-order valence-electron chi connectivity index (χ4n) is 2.64. The van der Waals surface area contributed by atoms with Crippen LogP contribution in [-0.2, 0) is 0 Å². The van der Waals surface area contributed by atoms with E-state index in [1.54, 1.807) is 26.4 Å². The Morgan fingerprint density at radius 1 is 1.29 bits per heavy atom. The van der Waals surface area contributed by atoms with Crippen molar-refractivity contribution in [2.24, 2.45) is 0 Å². The molecule has 0 saturated heterocycles. The lowest BCUT2D eigenvalue weighted by Gasteiger charge is -2.09. The summed E-state index contributed by atoms with van der Waals surface area (Å²) in [5.74, 6) is 1.25. The Kier molecular flexibility index (Phi) is 5.74. The molecule has 3 heterocycles. The van der Waals surface area contributed by atoms with Gasteiger partial charge in [0, 0.05) is 42.3 Å². The molecule has 0 amide bonds. The number of aliphatic hydroxyl groups excluding tert-OH is 1. The average molecular weight is 383 g/mol. The van der Waals surface area contributed by atoms with E-state index in [1.807, 2.05) is 23.0 Å². The van der Waals surface area contributed by atoms with Gasteiger partial charge in [0.05, 0.1) is 18.9 Å². The molecular weight excluding hydrogens is 358 g/mol. The Bertz CT molecular complexity index is 953. The first-order chi connectivity index (χ1) is 13.4. The molecule has 3 aromatic heterocycles. The van der Waals surface area contributed by atoms with E-state index in [-0.39, 0.29) is 6.04 Å². The van der Waals surface area contributed by atoms with Crippen LogP contribution >= 0.6 is 0 Å². The highest BCUT2D eigenvalue weighted by atomic mass is 16.5. The van der Waals surface area contributed by atoms with Gasteiger partial charge in [-0.1, -0.05) is 0 Å². The Morgan fingerprint density at radius 2 is 2.07 bits per heavy atom. The molecular formula is C19H25N7O2. The van der Waals surface area contributed by atoms with Crippen LogP contribution in [0.3, 0.4) is 0 Å². The van der Waals surface area contributed by atoms with Gasteiger partial charge in [0.1, 0.15) is 5.69 Å². The zero-order valence-electron chi connectivity index (χ0n) is 16.4. The van der Waals surface area contributed by atoms with E-state index in [4.69, 9.17) is 15.6 Å². The molecule has 0 bridgehead atoms. The molecule has 0 radical (unpaired) electrons. The van der Waals surface area contributed by atoms with Crippen molar-refractivity contribution in [2.75, 3.05) is 24.7 Å². The number of nitrogens with two attached hydrogens (primary N) is 1. The molecule has 148 valence electrons. The summed E-state index contributed by atoms with van der Waals surface area (Å²) in [6.07, 6.45) is 4.79. The summed E-state index contributed by atoms with van der Waals surface area (Å²) in [5.41, 5.74) is 8.89. The third-order valence-corrected chi connectivity index (χ3v) is 4.12. The number of aliphatic hydroxyl groups is 1. The number of pyridine rings is 1. The van der Waals surface area contributed by atoms with Crippen LogP contribution < -0.4 is 15.8 Å². The predicted molar refractivity (Wildman–Crippen MR) is 108 cm³/mol. The molecule has 1 atom stereocenters. The Balaban J connectivity index is 2.07. The molecule has 9 nitrogen and oxygen atoms in total. The summed E-state index contributed by atoms with van der Waals surface area (Å²) >= 11 is 0. The van der Waals surface area contributed by atoms with Crippen LogP contribution in [0, 0.1) is 0 Å². The fourth-order valence-corrected chi connectivity index (χ4v) is 2.64. The molecule has 9 heteroatoms. The Morgan fingerprint density at radius 3 is 2.75 bits per heavy atom. The summed E-state index contributed by atoms with van der Waals surface area (Å²) in [6.45, 7) is 6.17. The molecule has 3 aromatic rings. The standard InChI is InChI=1S/C19H25N7O2/c1-11(2)26-10-14(15-5-6-21-19(24-15)23-8-12(3)27)17(25-26)13-7-16(28-4)18(20)22-9-13/h5-7,9-12,27H,8H2,1-4H3,(H2,20,22)(H,21,23,24)/t12-/m0/s1. The van der Waals surface area contributed by atoms with E-state index in [1.165, 1.54) is 0 Å². The van der Waals surface area contributed by atoms with Crippen LogP contribution in [0.4, 0.5) is 11.8 Å². The number of anilines is 2. The summed E-state index contributed by atoms with van der Waals surface area (Å²) in [7, 11) is 1.55. The van der Waals surface area contributed by atoms with E-state index in [0.717, 1.165) is 16.8 Å². The fraction of sp³-hybridized carbons (Fsp3) is 0.368. The number of hydrogen-bond acceptors (Lipinski definition) is 8. The maximum Gasteiger partial charge on any atom is 0.223 e. The van der Waals surface area contributed by atoms with Crippen molar-refractivity contribution in [2.45, 2.75) is 32.9 Å². The summed E-state index contributed by atoms with van der Waals surface area (Å²) < 4.78 is 7.17. The molecule has 0 fully saturated rings. The number of nitrogens with one attached hydrogen (secondary N) is 1. The van der Waals surface area contributed by atoms with Gasteiger partial charge >= 0.3 is 0 Å². The molecule has 0 aliphatic carbocycles. The van der Waals surface area contributed by atoms with E-state index < -0.39 is 6.10 Å². The van der Waals surface area contributed by atoms with E-state index in [9.17, 15) is 5.11 Å². The van der Waals surface area contributed by atoms with Gasteiger partial charge in [-0.25, -0.2) is 15.0 Å². The van der Waals surface area contributed by atoms with Crippen molar-refractivity contribution in [3.63, 3.8) is 0 Å². The molecule has 0 spiro atoms. The molecule has 28 heavy (non-hydrogen) atoms. The van der Waals surface area contributed by atoms with Crippen molar-refractivity contribution in [3.8, 4) is 28.3 Å². The molecule has 4 N–H and O–H groups in total. The highest BCUT2D eigenvalue weighted by Gasteiger charge is 2.18. The third kappa shape index (κ3) is 4.20. The topological polar surface area (TPSA) is 124 Å². The predicted octanol–water partition coefficient (Wildman–Crippen LogP) is 2.37. The van der Waals surface area contributed by atoms with Crippen LogP contribution in [0.5, 0.6) is 5.75 Å². The van der Waals surface area contributed by atoms with Gasteiger partial charge in [0.25, 0.3) is 0 Å². The highest BCUT2D eigenvalue weighted by Crippen LogP contribution is 2.33. The Hall–Kier alpha value is -3.20. The SMILES string of the molecule is COc1cc(-c2nn(C(C)C)cc2-c2ccnc(NC[C@H](C)O)n2)cnc1N. The summed E-state index contributed by atoms with van der Waals surface area (Å²) in [6, 6.07) is 3.80. The van der Waals surface area contributed by atoms with Crippen LogP contribution in [0.25, 0.3) is 22.5 Å². The third-order valence-electron chi connectivity index (χ3n) is 4.12. The van der Waals surface area contributed by atoms with Gasteiger partial charge in [-0.2, -0.15) is 5.10 Å². The number of methoxy groups -OCH3 is 1. The molecule has 0 aliphatic heterocycles. The number of hydrogen-bond donors (Lipinski definition) is 3. The van der Waals surface area contributed by atoms with Crippen molar-refractivity contribution in [3.05, 3.63) is 30.7 Å². The van der Waals surface area contributed by atoms with Gasteiger partial charge in [0.2, 0.25) is 5.95 Å². The van der Waals surface area contributed by atoms with Gasteiger partial charge < -0.3 is 20.9 Å². The van der Waals surface area contributed by atoms with Gasteiger partial charge in [0.15, 0.2) is 11.6 Å². The minimum Gasteiger partial charge on any atom is -0.493 e. The normalized spacial score (nSPS) is 12.2. The first-order valence-electron chi connectivity index (χ1n) is 9.03. The smallest absolute Gasteiger partial charge is 0.223 e. The van der Waals surface area contributed by atoms with E-state index in [2.05, 4.69) is 34.1 Å². The molecule has 0 aliphatic rings. The zero-order chi connectivity index (χ0) is 20.3. The number of nitrogens with zero attached hydrogens (tertiary/aromatic N) is 5. The average Bonchev–Trinajstić information content (AvgIpc) is 3.13. The maximum absolute atomic E-state index is 9.47. The monoisotopic (exact) mass is 383 g/mol. The van der Waals surface area contributed by atoms with Crippen molar-refractivity contribution in [1.29, 1.82) is 0 Å². The van der Waals surface area contributed by atoms with Crippen molar-refractivity contribution in [1.82, 2.24) is 24.7 Å². The maximum atomic E-state index is 9.47. The number of nitrogen functional groups attached to an aromatic ring is 1. The Labute approximate surface area is 163 Å². The molecule has 0 unspecified atom stereocenters. The van der Waals surface area contributed by atoms with Crippen LogP contribution in [0.2, 0.25) is 0 Å². The van der Waals surface area contributed by atoms with Crippen LogP contribution in [0.15, 0.2) is 30.7 Å². The van der Waals surface area contributed by atoms with Crippen molar-refractivity contribution < 1.29 is 9.84 Å². The van der Waals surface area contributed by atoms with Crippen molar-refractivity contribution >= 4 is 11.8 Å². The largest absolute Gasteiger partial charge is 0.493 e. The van der Waals surface area contributed by atoms with E-state index in [0.29, 0.717) is 29.8 Å². The number of aromatic nitrogens is 5. The summed E-state index contributed by atoms with van der Waals surface area (Å²) in [4.78, 5) is 13.0. The zero-order valence-corrected chi connectivity index (χ0v) is 16.4. The second kappa shape index (κ2) is 8.22. The minimum absolute atomic E-state index is 0.172. The lowest BCUT2D eigenvalue weighted by molar-refractivity contribution is 0.208. The first kappa shape index (κ1) is 19.6. The van der Waals surface area contributed by atoms with Crippen LogP contribution in [0.1, 0.15) is 26.8 Å². The lowest BCUT2D eigenvalue weighted by atomic mass is 10.1. The van der Waals surface area contributed by atoms with Gasteiger partial charge in [-0.15, -0.1) is 0 Å². The molecule has 0 aromatic carbocycles.